The number of hydrogen-bond acceptors (Lipinski definition) is 8. The van der Waals surface area contributed by atoms with Crippen molar-refractivity contribution < 1.29 is 14.3 Å². The fourth-order valence-corrected chi connectivity index (χ4v) is 7.72. The summed E-state index contributed by atoms with van der Waals surface area (Å²) in [6.07, 6.45) is 3.29. The summed E-state index contributed by atoms with van der Waals surface area (Å²) in [4.78, 5) is 37.5. The Morgan fingerprint density at radius 2 is 1.79 bits per heavy atom. The van der Waals surface area contributed by atoms with Gasteiger partial charge in [0.05, 0.1) is 40.9 Å². The number of ether oxygens (including phenoxy) is 2. The van der Waals surface area contributed by atoms with Gasteiger partial charge in [0.15, 0.2) is 4.80 Å². The predicted molar refractivity (Wildman–Crippen MR) is 168 cm³/mol. The van der Waals surface area contributed by atoms with Crippen LogP contribution in [-0.2, 0) is 9.53 Å². The molecule has 7 nitrogen and oxygen atoms in total. The quantitative estimate of drug-likeness (QED) is 0.250. The van der Waals surface area contributed by atoms with E-state index in [0.717, 1.165) is 22.6 Å². The van der Waals surface area contributed by atoms with Gasteiger partial charge in [-0.1, -0.05) is 72.8 Å². The second kappa shape index (κ2) is 11.7. The Labute approximate surface area is 252 Å². The molecule has 0 saturated heterocycles. The number of fused-ring (bicyclic) bond motifs is 3. The van der Waals surface area contributed by atoms with Crippen LogP contribution in [0.1, 0.15) is 43.9 Å². The van der Waals surface area contributed by atoms with Gasteiger partial charge in [0, 0.05) is 22.4 Å². The Morgan fingerprint density at radius 1 is 1.02 bits per heavy atom. The van der Waals surface area contributed by atoms with E-state index in [4.69, 9.17) is 14.5 Å². The molecule has 0 saturated carbocycles. The lowest BCUT2D eigenvalue weighted by Gasteiger charge is -2.29. The maximum Gasteiger partial charge on any atom is 0.338 e. The molecule has 42 heavy (non-hydrogen) atoms. The number of hydrogen-bond donors (Lipinski definition) is 0. The summed E-state index contributed by atoms with van der Waals surface area (Å²) in [6, 6.07) is 21.4. The van der Waals surface area contributed by atoms with Gasteiger partial charge in [-0.2, -0.15) is 0 Å². The summed E-state index contributed by atoms with van der Waals surface area (Å²) in [5.74, 6) is 0.124. The molecule has 2 aliphatic rings. The highest BCUT2D eigenvalue weighted by Crippen LogP contribution is 2.47. The molecular formula is C33H31N3O4S2. The van der Waals surface area contributed by atoms with Gasteiger partial charge in [0.1, 0.15) is 11.8 Å². The molecule has 214 valence electrons. The molecule has 0 amide bonds. The first-order valence-corrected chi connectivity index (χ1v) is 15.6. The van der Waals surface area contributed by atoms with E-state index in [0.29, 0.717) is 38.3 Å². The second-order valence-electron chi connectivity index (χ2n) is 10.0. The van der Waals surface area contributed by atoms with E-state index in [-0.39, 0.29) is 12.2 Å². The van der Waals surface area contributed by atoms with Gasteiger partial charge in [0.25, 0.3) is 5.56 Å². The average molecular weight is 598 g/mol. The molecule has 0 N–H and O–H groups in total. The van der Waals surface area contributed by atoms with Crippen molar-refractivity contribution in [3.8, 4) is 5.75 Å². The van der Waals surface area contributed by atoms with Crippen LogP contribution in [0.15, 0.2) is 97.6 Å². The number of esters is 1. The Bertz CT molecular complexity index is 1910. The second-order valence-corrected chi connectivity index (χ2v) is 12.1. The fourth-order valence-electron chi connectivity index (χ4n) is 5.51. The van der Waals surface area contributed by atoms with Crippen LogP contribution in [0.5, 0.6) is 5.75 Å². The molecule has 3 aromatic carbocycles. The monoisotopic (exact) mass is 597 g/mol. The first-order chi connectivity index (χ1) is 20.4. The number of rotatable bonds is 7. The SMILES string of the molecule is CCCC1=C(C(=O)OCC)[C@@H](c2ccccc2OC)n2c(s/c(=C/c3ccc4c(c3)Sc3ccccc3N4C)c2=O)=N1. The van der Waals surface area contributed by atoms with Crippen molar-refractivity contribution >= 4 is 46.5 Å². The molecule has 1 atom stereocenters. The molecule has 0 aliphatic carbocycles. The van der Waals surface area contributed by atoms with Crippen molar-refractivity contribution in [3.63, 3.8) is 0 Å². The molecule has 9 heteroatoms. The molecule has 0 fully saturated rings. The lowest BCUT2D eigenvalue weighted by molar-refractivity contribution is -0.139. The van der Waals surface area contributed by atoms with E-state index in [1.807, 2.05) is 55.5 Å². The molecule has 0 bridgehead atoms. The van der Waals surface area contributed by atoms with Crippen molar-refractivity contribution in [1.29, 1.82) is 0 Å². The van der Waals surface area contributed by atoms with Gasteiger partial charge in [-0.05, 0) is 55.3 Å². The Morgan fingerprint density at radius 3 is 2.57 bits per heavy atom. The van der Waals surface area contributed by atoms with Gasteiger partial charge < -0.3 is 14.4 Å². The van der Waals surface area contributed by atoms with Crippen LogP contribution in [0.2, 0.25) is 0 Å². The van der Waals surface area contributed by atoms with E-state index < -0.39 is 12.0 Å². The molecule has 6 rings (SSSR count). The van der Waals surface area contributed by atoms with Crippen LogP contribution in [0.25, 0.3) is 6.08 Å². The van der Waals surface area contributed by atoms with Crippen LogP contribution in [0.4, 0.5) is 11.4 Å². The van der Waals surface area contributed by atoms with Crippen molar-refractivity contribution in [2.24, 2.45) is 4.99 Å². The third-order valence-corrected chi connectivity index (χ3v) is 9.51. The van der Waals surface area contributed by atoms with Crippen LogP contribution in [0, 0.1) is 0 Å². The third-order valence-electron chi connectivity index (χ3n) is 7.42. The van der Waals surface area contributed by atoms with Crippen LogP contribution < -0.4 is 24.5 Å². The molecule has 1 aromatic heterocycles. The van der Waals surface area contributed by atoms with Gasteiger partial charge in [-0.3, -0.25) is 9.36 Å². The summed E-state index contributed by atoms with van der Waals surface area (Å²) in [6.45, 7) is 4.04. The van der Waals surface area contributed by atoms with E-state index in [2.05, 4.69) is 36.2 Å². The molecule has 0 spiro atoms. The van der Waals surface area contributed by atoms with E-state index >= 15 is 0 Å². The standard InChI is InChI=1S/C33H31N3O4S2/c1-5-11-22-29(32(38)40-6-2)30(21-12-7-9-14-25(21)39-4)36-31(37)28(42-33(36)34-22)19-20-16-17-24-27(18-20)41-26-15-10-8-13-23(26)35(24)3/h7-10,12-19,30H,5-6,11H2,1-4H3/b28-19+/t30-/m1/s1. The smallest absolute Gasteiger partial charge is 0.338 e. The van der Waals surface area contributed by atoms with E-state index in [1.54, 1.807) is 30.4 Å². The lowest BCUT2D eigenvalue weighted by Crippen LogP contribution is -2.40. The minimum atomic E-state index is -0.718. The number of carbonyl (C=O) groups excluding carboxylic acids is 1. The zero-order chi connectivity index (χ0) is 29.4. The first-order valence-electron chi connectivity index (χ1n) is 13.9. The maximum absolute atomic E-state index is 14.1. The molecular weight excluding hydrogens is 567 g/mol. The summed E-state index contributed by atoms with van der Waals surface area (Å²) < 4.78 is 13.4. The minimum absolute atomic E-state index is 0.208. The number of nitrogens with zero attached hydrogens (tertiary/aromatic N) is 3. The number of thiazole rings is 1. The summed E-state index contributed by atoms with van der Waals surface area (Å²) in [5.41, 5.74) is 4.75. The van der Waals surface area contributed by atoms with Crippen LogP contribution in [-0.4, -0.2) is 31.3 Å². The number of allylic oxidation sites excluding steroid dienone is 1. The molecule has 0 radical (unpaired) electrons. The minimum Gasteiger partial charge on any atom is -0.496 e. The van der Waals surface area contributed by atoms with Crippen LogP contribution in [0.3, 0.4) is 0 Å². The summed E-state index contributed by atoms with van der Waals surface area (Å²) >= 11 is 3.06. The normalized spacial score (nSPS) is 16.0. The predicted octanol–water partition coefficient (Wildman–Crippen LogP) is 5.82. The van der Waals surface area contributed by atoms with Crippen molar-refractivity contribution in [2.45, 2.75) is 42.5 Å². The zero-order valence-corrected chi connectivity index (χ0v) is 25.6. The lowest BCUT2D eigenvalue weighted by atomic mass is 9.93. The van der Waals surface area contributed by atoms with Gasteiger partial charge in [-0.15, -0.1) is 0 Å². The largest absolute Gasteiger partial charge is 0.496 e. The highest BCUT2D eigenvalue weighted by Gasteiger charge is 2.35. The van der Waals surface area contributed by atoms with Crippen molar-refractivity contribution in [1.82, 2.24) is 4.57 Å². The van der Waals surface area contributed by atoms with E-state index in [9.17, 15) is 9.59 Å². The van der Waals surface area contributed by atoms with Gasteiger partial charge >= 0.3 is 5.97 Å². The van der Waals surface area contributed by atoms with Gasteiger partial charge in [-0.25, -0.2) is 9.79 Å². The number of carbonyl (C=O) groups is 1. The summed E-state index contributed by atoms with van der Waals surface area (Å²) in [7, 11) is 3.66. The number of benzene rings is 3. The molecule has 3 heterocycles. The maximum atomic E-state index is 14.1. The topological polar surface area (TPSA) is 73.1 Å². The molecule has 0 unspecified atom stereocenters. The Balaban J connectivity index is 1.52. The van der Waals surface area contributed by atoms with Crippen LogP contribution >= 0.6 is 23.1 Å². The number of aromatic nitrogens is 1. The fraction of sp³-hybridized carbons (Fsp3) is 0.242. The Kier molecular flexibility index (Phi) is 7.79. The third kappa shape index (κ3) is 4.86. The number of methoxy groups -OCH3 is 1. The van der Waals surface area contributed by atoms with E-state index in [1.165, 1.54) is 21.9 Å². The van der Waals surface area contributed by atoms with Crippen molar-refractivity contribution in [2.75, 3.05) is 25.7 Å². The molecule has 4 aromatic rings. The highest BCUT2D eigenvalue weighted by molar-refractivity contribution is 7.99. The van der Waals surface area contributed by atoms with Gasteiger partial charge in [0.2, 0.25) is 0 Å². The number of anilines is 2. The average Bonchev–Trinajstić information content (AvgIpc) is 3.30. The highest BCUT2D eigenvalue weighted by atomic mass is 32.2. The first kappa shape index (κ1) is 28.1. The zero-order valence-electron chi connectivity index (χ0n) is 23.9. The number of para-hydroxylation sites is 2. The van der Waals surface area contributed by atoms with Crippen molar-refractivity contribution in [3.05, 3.63) is 109 Å². The Hall–Kier alpha value is -4.08. The molecule has 2 aliphatic heterocycles. The summed E-state index contributed by atoms with van der Waals surface area (Å²) in [5, 5.41) is 0.